The number of halogens is 1. The van der Waals surface area contributed by atoms with Crippen LogP contribution in [0.2, 0.25) is 0 Å². The molecular formula is C31H38BrNO3. The van der Waals surface area contributed by atoms with Gasteiger partial charge in [0.05, 0.1) is 4.83 Å². The maximum absolute atomic E-state index is 11.7. The van der Waals surface area contributed by atoms with E-state index in [4.69, 9.17) is 15.2 Å². The van der Waals surface area contributed by atoms with E-state index in [-0.39, 0.29) is 10.6 Å². The summed E-state index contributed by atoms with van der Waals surface area (Å²) in [6, 6.07) is 14.6. The van der Waals surface area contributed by atoms with Gasteiger partial charge in [-0.2, -0.15) is 0 Å². The summed E-state index contributed by atoms with van der Waals surface area (Å²) in [6.45, 7) is 16.6. The number of carbonyl (C=O) groups is 1. The highest BCUT2D eigenvalue weighted by Gasteiger charge is 2.11. The lowest BCUT2D eigenvalue weighted by Crippen LogP contribution is -2.09. The van der Waals surface area contributed by atoms with Crippen LogP contribution < -0.4 is 15.2 Å². The van der Waals surface area contributed by atoms with Gasteiger partial charge in [0.25, 0.3) is 0 Å². The van der Waals surface area contributed by atoms with E-state index in [0.29, 0.717) is 30.4 Å². The van der Waals surface area contributed by atoms with Crippen LogP contribution >= 0.6 is 15.9 Å². The van der Waals surface area contributed by atoms with Gasteiger partial charge in [-0.25, -0.2) is 0 Å². The largest absolute Gasteiger partial charge is 0.489 e. The summed E-state index contributed by atoms with van der Waals surface area (Å²) in [7, 11) is 0. The number of rotatable bonds is 12. The number of nitrogen functional groups attached to an aromatic ring is 1. The van der Waals surface area contributed by atoms with Crippen molar-refractivity contribution in [3.8, 4) is 11.5 Å². The molecule has 0 saturated carbocycles. The zero-order chi connectivity index (χ0) is 26.9. The molecule has 2 aromatic rings. The molecule has 0 fully saturated rings. The Bertz CT molecular complexity index is 1050. The fourth-order valence-corrected chi connectivity index (χ4v) is 3.16. The molecular weight excluding hydrogens is 514 g/mol. The van der Waals surface area contributed by atoms with Crippen LogP contribution in [-0.4, -0.2) is 23.8 Å². The third-order valence-electron chi connectivity index (χ3n) is 4.61. The maximum atomic E-state index is 11.7. The number of nitrogens with two attached hydrogens (primary N) is 1. The van der Waals surface area contributed by atoms with E-state index < -0.39 is 0 Å². The van der Waals surface area contributed by atoms with E-state index in [0.717, 1.165) is 17.0 Å². The molecule has 192 valence electrons. The fourth-order valence-electron chi connectivity index (χ4n) is 2.90. The quantitative estimate of drug-likeness (QED) is 0.125. The Balaban J connectivity index is 0.000000362. The SMILES string of the molecule is C/C=C\C(=C/C(C)C)COc1ccc(N)cc1.C=C/C=C\C(=C)COc1ccc(C(=O)C(C)Br)cc1. The van der Waals surface area contributed by atoms with Gasteiger partial charge < -0.3 is 15.2 Å². The molecule has 0 bridgehead atoms. The first kappa shape index (κ1) is 30.7. The Labute approximate surface area is 225 Å². The van der Waals surface area contributed by atoms with Gasteiger partial charge in [0.2, 0.25) is 0 Å². The second-order valence-corrected chi connectivity index (χ2v) is 9.76. The highest BCUT2D eigenvalue weighted by molar-refractivity contribution is 9.10. The van der Waals surface area contributed by atoms with Gasteiger partial charge in [0, 0.05) is 11.3 Å². The normalized spacial score (nSPS) is 12.2. The molecule has 0 aliphatic heterocycles. The first-order chi connectivity index (χ1) is 17.2. The van der Waals surface area contributed by atoms with Crippen molar-refractivity contribution < 1.29 is 14.3 Å². The second kappa shape index (κ2) is 17.2. The van der Waals surface area contributed by atoms with Crippen LogP contribution in [0.25, 0.3) is 0 Å². The van der Waals surface area contributed by atoms with E-state index in [1.54, 1.807) is 30.3 Å². The predicted octanol–water partition coefficient (Wildman–Crippen LogP) is 8.14. The average molecular weight is 553 g/mol. The van der Waals surface area contributed by atoms with Gasteiger partial charge in [-0.3, -0.25) is 4.79 Å². The number of allylic oxidation sites excluding steroid dienone is 4. The molecule has 0 saturated heterocycles. The first-order valence-electron chi connectivity index (χ1n) is 11.9. The molecule has 1 unspecified atom stereocenters. The van der Waals surface area contributed by atoms with E-state index in [9.17, 15) is 4.79 Å². The highest BCUT2D eigenvalue weighted by Crippen LogP contribution is 2.17. The average Bonchev–Trinajstić information content (AvgIpc) is 2.85. The van der Waals surface area contributed by atoms with Crippen LogP contribution in [0.15, 0.2) is 109 Å². The summed E-state index contributed by atoms with van der Waals surface area (Å²) in [4.78, 5) is 11.5. The number of Topliss-reactive ketones (excluding diaryl/α,β-unsaturated/α-hetero) is 1. The number of ether oxygens (including phenoxy) is 2. The minimum Gasteiger partial charge on any atom is -0.489 e. The van der Waals surface area contributed by atoms with Crippen molar-refractivity contribution in [2.45, 2.75) is 32.5 Å². The molecule has 0 radical (unpaired) electrons. The Hall–Kier alpha value is -3.31. The number of anilines is 1. The van der Waals surface area contributed by atoms with E-state index in [2.05, 4.69) is 55.1 Å². The first-order valence-corrected chi connectivity index (χ1v) is 12.8. The van der Waals surface area contributed by atoms with Crippen molar-refractivity contribution in [2.24, 2.45) is 5.92 Å². The predicted molar refractivity (Wildman–Crippen MR) is 157 cm³/mol. The molecule has 0 aromatic heterocycles. The number of benzene rings is 2. The third kappa shape index (κ3) is 13.0. The lowest BCUT2D eigenvalue weighted by atomic mass is 10.1. The Morgan fingerprint density at radius 1 is 0.972 bits per heavy atom. The smallest absolute Gasteiger partial charge is 0.176 e. The van der Waals surface area contributed by atoms with Crippen LogP contribution in [0.1, 0.15) is 38.1 Å². The molecule has 5 heteroatoms. The summed E-state index contributed by atoms with van der Waals surface area (Å²) < 4.78 is 11.3. The minimum atomic E-state index is -0.178. The molecule has 0 aliphatic carbocycles. The minimum absolute atomic E-state index is 0.0601. The van der Waals surface area contributed by atoms with Gasteiger partial charge in [-0.1, -0.05) is 79.4 Å². The molecule has 36 heavy (non-hydrogen) atoms. The summed E-state index contributed by atoms with van der Waals surface area (Å²) in [5, 5.41) is 0. The zero-order valence-electron chi connectivity index (χ0n) is 21.7. The lowest BCUT2D eigenvalue weighted by Gasteiger charge is -2.08. The standard InChI is InChI=1S/C16H17BrO2.C15H21NO/c1-4-5-6-12(2)11-19-15-9-7-14(8-10-15)16(18)13(3)17;1-4-5-13(10-12(2)3)11-17-15-8-6-14(16)7-9-15/h4-10,13H,1-2,11H2,3H3;4-10,12H,11,16H2,1-3H3/b6-5-;5-4-,13-10+. The van der Waals surface area contributed by atoms with E-state index in [1.165, 1.54) is 5.57 Å². The molecule has 0 spiro atoms. The van der Waals surface area contributed by atoms with Gasteiger partial charge in [-0.15, -0.1) is 0 Å². The van der Waals surface area contributed by atoms with Crippen molar-refractivity contribution in [1.29, 1.82) is 0 Å². The van der Waals surface area contributed by atoms with Crippen LogP contribution in [0.5, 0.6) is 11.5 Å². The fraction of sp³-hybridized carbons (Fsp3) is 0.258. The van der Waals surface area contributed by atoms with Gasteiger partial charge >= 0.3 is 0 Å². The monoisotopic (exact) mass is 551 g/mol. The van der Waals surface area contributed by atoms with Crippen molar-refractivity contribution in [1.82, 2.24) is 0 Å². The van der Waals surface area contributed by atoms with Crippen molar-refractivity contribution >= 4 is 27.4 Å². The third-order valence-corrected chi connectivity index (χ3v) is 5.02. The van der Waals surface area contributed by atoms with Crippen LogP contribution in [-0.2, 0) is 0 Å². The number of ketones is 1. The van der Waals surface area contributed by atoms with E-state index in [1.807, 2.05) is 56.3 Å². The number of hydrogen-bond donors (Lipinski definition) is 1. The Morgan fingerprint density at radius 2 is 1.53 bits per heavy atom. The van der Waals surface area contributed by atoms with Crippen LogP contribution in [0.3, 0.4) is 0 Å². The number of alkyl halides is 1. The molecule has 4 nitrogen and oxygen atoms in total. The van der Waals surface area contributed by atoms with E-state index >= 15 is 0 Å². The van der Waals surface area contributed by atoms with Gasteiger partial charge in [0.15, 0.2) is 5.78 Å². The van der Waals surface area contributed by atoms with Crippen molar-refractivity contribution in [2.75, 3.05) is 18.9 Å². The Kier molecular flexibility index (Phi) is 14.7. The molecule has 2 N–H and O–H groups in total. The summed E-state index contributed by atoms with van der Waals surface area (Å²) in [5.41, 5.74) is 9.09. The summed E-state index contributed by atoms with van der Waals surface area (Å²) >= 11 is 3.26. The molecule has 0 amide bonds. The van der Waals surface area contributed by atoms with Crippen molar-refractivity contribution in [3.05, 3.63) is 115 Å². The topological polar surface area (TPSA) is 61.6 Å². The molecule has 0 heterocycles. The van der Waals surface area contributed by atoms with Crippen LogP contribution in [0.4, 0.5) is 5.69 Å². The lowest BCUT2D eigenvalue weighted by molar-refractivity contribution is 0.0996. The van der Waals surface area contributed by atoms with Gasteiger partial charge in [-0.05, 0) is 79.4 Å². The van der Waals surface area contributed by atoms with Gasteiger partial charge in [0.1, 0.15) is 24.7 Å². The van der Waals surface area contributed by atoms with Crippen molar-refractivity contribution in [3.63, 3.8) is 0 Å². The second-order valence-electron chi connectivity index (χ2n) is 8.39. The number of hydrogen-bond acceptors (Lipinski definition) is 4. The molecule has 2 aromatic carbocycles. The molecule has 2 rings (SSSR count). The van der Waals surface area contributed by atoms with Crippen LogP contribution in [0, 0.1) is 5.92 Å². The highest BCUT2D eigenvalue weighted by atomic mass is 79.9. The summed E-state index contributed by atoms with van der Waals surface area (Å²) in [5.74, 6) is 2.14. The zero-order valence-corrected chi connectivity index (χ0v) is 23.3. The maximum Gasteiger partial charge on any atom is 0.176 e. The number of carbonyl (C=O) groups excluding carboxylic acids is 1. The Morgan fingerprint density at radius 3 is 2.03 bits per heavy atom. The molecule has 1 atom stereocenters. The summed E-state index contributed by atoms with van der Waals surface area (Å²) in [6.07, 6.45) is 11.7. The molecule has 0 aliphatic rings.